The normalized spacial score (nSPS) is 12.9. The van der Waals surface area contributed by atoms with E-state index in [0.29, 0.717) is 36.4 Å². The van der Waals surface area contributed by atoms with Crippen LogP contribution in [0.2, 0.25) is 0 Å². The second-order valence-corrected chi connectivity index (χ2v) is 9.26. The average molecular weight is 492 g/mol. The largest absolute Gasteiger partial charge is 0.342 e. The number of nitrogens with one attached hydrogen (secondary N) is 2. The van der Waals surface area contributed by atoms with Crippen molar-refractivity contribution in [1.82, 2.24) is 29.6 Å². The van der Waals surface area contributed by atoms with Crippen LogP contribution in [0.3, 0.4) is 0 Å². The zero-order chi connectivity index (χ0) is 25.4. The number of carbonyl (C=O) groups is 2. The Morgan fingerprint density at radius 2 is 1.84 bits per heavy atom. The third-order valence-electron chi connectivity index (χ3n) is 6.64. The van der Waals surface area contributed by atoms with E-state index < -0.39 is 0 Å². The number of hydrogen-bond donors (Lipinski definition) is 2. The van der Waals surface area contributed by atoms with Gasteiger partial charge in [-0.1, -0.05) is 18.2 Å². The van der Waals surface area contributed by atoms with E-state index in [1.807, 2.05) is 72.5 Å². The fraction of sp³-hybridized carbons (Fsp3) is 0.179. The SMILES string of the molecule is Cc1nc2ccc(C(=O)N3CCc4ccc(C(=O)Nc5ccc(Cn6cncn6)cc5)cc4C3)cc2[nH]1. The molecule has 0 aliphatic carbocycles. The number of nitrogens with zero attached hydrogens (tertiary/aromatic N) is 5. The fourth-order valence-electron chi connectivity index (χ4n) is 4.72. The molecule has 0 spiro atoms. The van der Waals surface area contributed by atoms with Crippen molar-refractivity contribution in [2.75, 3.05) is 11.9 Å². The van der Waals surface area contributed by atoms with Gasteiger partial charge < -0.3 is 15.2 Å². The van der Waals surface area contributed by atoms with Crippen LogP contribution in [-0.2, 0) is 19.5 Å². The van der Waals surface area contributed by atoms with Crippen LogP contribution in [0.1, 0.15) is 43.2 Å². The second kappa shape index (κ2) is 9.34. The maximum atomic E-state index is 13.3. The van der Waals surface area contributed by atoms with Crippen molar-refractivity contribution in [3.63, 3.8) is 0 Å². The minimum Gasteiger partial charge on any atom is -0.342 e. The molecule has 9 heteroatoms. The van der Waals surface area contributed by atoms with Gasteiger partial charge in [-0.25, -0.2) is 14.6 Å². The number of carbonyl (C=O) groups excluding carboxylic acids is 2. The topological polar surface area (TPSA) is 109 Å². The van der Waals surface area contributed by atoms with Gasteiger partial charge >= 0.3 is 0 Å². The molecular weight excluding hydrogens is 466 g/mol. The highest BCUT2D eigenvalue weighted by atomic mass is 16.2. The summed E-state index contributed by atoms with van der Waals surface area (Å²) < 4.78 is 1.74. The Morgan fingerprint density at radius 3 is 2.65 bits per heavy atom. The number of aromatic nitrogens is 5. The van der Waals surface area contributed by atoms with Gasteiger partial charge in [0.05, 0.1) is 17.6 Å². The highest BCUT2D eigenvalue weighted by Crippen LogP contribution is 2.24. The number of aryl methyl sites for hydroxylation is 1. The molecule has 5 aromatic rings. The Hall–Kier alpha value is -4.79. The van der Waals surface area contributed by atoms with Crippen LogP contribution in [0.4, 0.5) is 5.69 Å². The van der Waals surface area contributed by atoms with Gasteiger partial charge in [0, 0.05) is 29.9 Å². The first-order chi connectivity index (χ1) is 18.0. The van der Waals surface area contributed by atoms with Crippen molar-refractivity contribution in [2.24, 2.45) is 0 Å². The number of amides is 2. The van der Waals surface area contributed by atoms with Crippen molar-refractivity contribution in [2.45, 2.75) is 26.4 Å². The maximum absolute atomic E-state index is 13.3. The molecule has 37 heavy (non-hydrogen) atoms. The summed E-state index contributed by atoms with van der Waals surface area (Å²) in [6.07, 6.45) is 3.92. The first kappa shape index (κ1) is 22.7. The molecule has 2 aromatic heterocycles. The highest BCUT2D eigenvalue weighted by molar-refractivity contribution is 6.04. The Bertz CT molecular complexity index is 1600. The average Bonchev–Trinajstić information content (AvgIpc) is 3.56. The lowest BCUT2D eigenvalue weighted by Crippen LogP contribution is -2.36. The summed E-state index contributed by atoms with van der Waals surface area (Å²) in [5, 5.41) is 7.08. The zero-order valence-corrected chi connectivity index (χ0v) is 20.3. The summed E-state index contributed by atoms with van der Waals surface area (Å²) in [6.45, 7) is 3.61. The molecule has 3 heterocycles. The molecule has 9 nitrogen and oxygen atoms in total. The highest BCUT2D eigenvalue weighted by Gasteiger charge is 2.23. The molecule has 1 aliphatic heterocycles. The van der Waals surface area contributed by atoms with Crippen molar-refractivity contribution in [1.29, 1.82) is 0 Å². The van der Waals surface area contributed by atoms with E-state index in [4.69, 9.17) is 0 Å². The summed E-state index contributed by atoms with van der Waals surface area (Å²) in [5.74, 6) is 0.607. The fourth-order valence-corrected chi connectivity index (χ4v) is 4.72. The van der Waals surface area contributed by atoms with Crippen LogP contribution >= 0.6 is 0 Å². The molecule has 184 valence electrons. The molecule has 0 unspecified atom stereocenters. The molecule has 3 aromatic carbocycles. The first-order valence-corrected chi connectivity index (χ1v) is 12.1. The maximum Gasteiger partial charge on any atom is 0.255 e. The van der Waals surface area contributed by atoms with E-state index in [-0.39, 0.29) is 11.8 Å². The van der Waals surface area contributed by atoms with Crippen molar-refractivity contribution in [3.8, 4) is 0 Å². The van der Waals surface area contributed by atoms with E-state index >= 15 is 0 Å². The van der Waals surface area contributed by atoms with Crippen LogP contribution in [0, 0.1) is 6.92 Å². The summed E-state index contributed by atoms with van der Waals surface area (Å²) in [6, 6.07) is 18.9. The Balaban J connectivity index is 1.14. The molecule has 6 rings (SSSR count). The first-order valence-electron chi connectivity index (χ1n) is 12.1. The van der Waals surface area contributed by atoms with E-state index in [9.17, 15) is 9.59 Å². The number of hydrogen-bond acceptors (Lipinski definition) is 5. The molecule has 0 fully saturated rings. The molecule has 0 radical (unpaired) electrons. The third-order valence-corrected chi connectivity index (χ3v) is 6.64. The molecular formula is C28H25N7O2. The lowest BCUT2D eigenvalue weighted by Gasteiger charge is -2.29. The van der Waals surface area contributed by atoms with Gasteiger partial charge in [-0.15, -0.1) is 0 Å². The monoisotopic (exact) mass is 491 g/mol. The number of fused-ring (bicyclic) bond motifs is 2. The Kier molecular flexibility index (Phi) is 5.72. The van der Waals surface area contributed by atoms with Crippen LogP contribution < -0.4 is 5.32 Å². The van der Waals surface area contributed by atoms with Crippen molar-refractivity contribution in [3.05, 3.63) is 107 Å². The quantitative estimate of drug-likeness (QED) is 0.387. The van der Waals surface area contributed by atoms with Crippen molar-refractivity contribution >= 4 is 28.5 Å². The zero-order valence-electron chi connectivity index (χ0n) is 20.3. The number of rotatable bonds is 5. The van der Waals surface area contributed by atoms with Crippen molar-refractivity contribution < 1.29 is 9.59 Å². The van der Waals surface area contributed by atoms with E-state index in [2.05, 4.69) is 25.4 Å². The molecule has 0 atom stereocenters. The molecule has 2 amide bonds. The smallest absolute Gasteiger partial charge is 0.255 e. The molecule has 1 aliphatic rings. The molecule has 0 saturated carbocycles. The van der Waals surface area contributed by atoms with Gasteiger partial charge in [0.15, 0.2) is 0 Å². The lowest BCUT2D eigenvalue weighted by molar-refractivity contribution is 0.0735. The predicted molar refractivity (Wildman–Crippen MR) is 139 cm³/mol. The van der Waals surface area contributed by atoms with Gasteiger partial charge in [-0.05, 0) is 72.5 Å². The molecule has 0 bridgehead atoms. The Labute approximate surface area is 213 Å². The van der Waals surface area contributed by atoms with E-state index in [1.54, 1.807) is 11.0 Å². The summed E-state index contributed by atoms with van der Waals surface area (Å²) in [4.78, 5) is 39.6. The second-order valence-electron chi connectivity index (χ2n) is 9.26. The number of benzene rings is 3. The summed E-state index contributed by atoms with van der Waals surface area (Å²) in [5.41, 5.74) is 6.82. The lowest BCUT2D eigenvalue weighted by atomic mass is 9.96. The third kappa shape index (κ3) is 4.71. The van der Waals surface area contributed by atoms with Crippen LogP contribution in [0.15, 0.2) is 73.3 Å². The Morgan fingerprint density at radius 1 is 1.00 bits per heavy atom. The number of H-pyrrole nitrogens is 1. The minimum absolute atomic E-state index is 0.0272. The predicted octanol–water partition coefficient (Wildman–Crippen LogP) is 3.96. The molecule has 2 N–H and O–H groups in total. The van der Waals surface area contributed by atoms with Crippen LogP contribution in [0.5, 0.6) is 0 Å². The standard InChI is InChI=1S/C28H25N7O2/c1-18-31-25-9-6-22(13-26(25)32-18)28(37)34-11-10-20-4-5-21(12-23(20)15-34)27(36)33-24-7-2-19(3-8-24)14-35-17-29-16-30-35/h2-9,12-13,16-17H,10-11,14-15H2,1H3,(H,31,32)(H,33,36). The number of aromatic amines is 1. The van der Waals surface area contributed by atoms with Crippen LogP contribution in [-0.4, -0.2) is 48.0 Å². The van der Waals surface area contributed by atoms with E-state index in [0.717, 1.165) is 40.0 Å². The number of imidazole rings is 1. The molecule has 0 saturated heterocycles. The van der Waals surface area contributed by atoms with Crippen LogP contribution in [0.25, 0.3) is 11.0 Å². The van der Waals surface area contributed by atoms with Gasteiger partial charge in [0.25, 0.3) is 11.8 Å². The van der Waals surface area contributed by atoms with Gasteiger partial charge in [-0.2, -0.15) is 5.10 Å². The van der Waals surface area contributed by atoms with Gasteiger partial charge in [0.1, 0.15) is 18.5 Å². The van der Waals surface area contributed by atoms with Gasteiger partial charge in [-0.3, -0.25) is 9.59 Å². The van der Waals surface area contributed by atoms with Gasteiger partial charge in [0.2, 0.25) is 0 Å². The number of anilines is 1. The summed E-state index contributed by atoms with van der Waals surface area (Å²) >= 11 is 0. The minimum atomic E-state index is -0.185. The summed E-state index contributed by atoms with van der Waals surface area (Å²) in [7, 11) is 0. The van der Waals surface area contributed by atoms with E-state index in [1.165, 1.54) is 6.33 Å².